The van der Waals surface area contributed by atoms with Crippen LogP contribution < -0.4 is 0 Å². The van der Waals surface area contributed by atoms with E-state index in [9.17, 15) is 9.59 Å². The van der Waals surface area contributed by atoms with Crippen molar-refractivity contribution in [2.24, 2.45) is 0 Å². The molecule has 0 saturated heterocycles. The molecule has 0 bridgehead atoms. The second kappa shape index (κ2) is 9.56. The van der Waals surface area contributed by atoms with Crippen molar-refractivity contribution < 1.29 is 9.59 Å². The van der Waals surface area contributed by atoms with Gasteiger partial charge in [0.1, 0.15) is 0 Å². The molecule has 0 aliphatic heterocycles. The smallest absolute Gasteiger partial charge is 0.177 e. The Balaban J connectivity index is 0. The lowest BCUT2D eigenvalue weighted by atomic mass is 10.3. The Kier molecular flexibility index (Phi) is 10.5. The molecule has 12 heavy (non-hydrogen) atoms. The van der Waals surface area contributed by atoms with Crippen molar-refractivity contribution in [3.8, 4) is 0 Å². The molecule has 0 aromatic heterocycles. The van der Waals surface area contributed by atoms with Crippen LogP contribution in [0.25, 0.3) is 0 Å². The maximum atomic E-state index is 10.1. The molecule has 0 spiro atoms. The highest BCUT2D eigenvalue weighted by Gasteiger charge is 1.82. The molecule has 2 nitrogen and oxygen atoms in total. The highest BCUT2D eigenvalue weighted by molar-refractivity contribution is 5.98. The van der Waals surface area contributed by atoms with E-state index in [1.54, 1.807) is 0 Å². The van der Waals surface area contributed by atoms with Crippen LogP contribution in [0.15, 0.2) is 38.0 Å². The normalized spacial score (nSPS) is 7.08. The molecule has 0 aliphatic carbocycles. The summed E-state index contributed by atoms with van der Waals surface area (Å²) in [4.78, 5) is 20.0. The summed E-state index contributed by atoms with van der Waals surface area (Å²) in [7, 11) is 0. The zero-order chi connectivity index (χ0) is 9.98. The second-order valence-corrected chi connectivity index (χ2v) is 1.83. The predicted molar refractivity (Wildman–Crippen MR) is 50.9 cm³/mol. The van der Waals surface area contributed by atoms with Crippen LogP contribution >= 0.6 is 0 Å². The highest BCUT2D eigenvalue weighted by atomic mass is 16.1. The van der Waals surface area contributed by atoms with Crippen molar-refractivity contribution in [3.63, 3.8) is 0 Å². The third-order valence-corrected chi connectivity index (χ3v) is 0.979. The van der Waals surface area contributed by atoms with Gasteiger partial charge in [-0.1, -0.05) is 26.7 Å². The highest BCUT2D eigenvalue weighted by Crippen LogP contribution is 1.76. The number of ketones is 2. The van der Waals surface area contributed by atoms with Crippen molar-refractivity contribution in [1.82, 2.24) is 0 Å². The minimum Gasteiger partial charge on any atom is -0.295 e. The van der Waals surface area contributed by atoms with E-state index in [0.29, 0.717) is 6.42 Å². The van der Waals surface area contributed by atoms with Gasteiger partial charge in [0.2, 0.25) is 0 Å². The molecule has 0 atom stereocenters. The van der Waals surface area contributed by atoms with Crippen LogP contribution in [0.2, 0.25) is 0 Å². The second-order valence-electron chi connectivity index (χ2n) is 1.83. The Bertz CT molecular complexity index is 180. The van der Waals surface area contributed by atoms with Crippen molar-refractivity contribution in [3.05, 3.63) is 38.0 Å². The molecule has 0 radical (unpaired) electrons. The van der Waals surface area contributed by atoms with Crippen LogP contribution in [-0.2, 0) is 9.59 Å². The van der Waals surface area contributed by atoms with Crippen molar-refractivity contribution in [1.29, 1.82) is 0 Å². The molecule has 0 heterocycles. The SMILES string of the molecule is C=CC(=O)C=C.C=CC(=O)CC. The summed E-state index contributed by atoms with van der Waals surface area (Å²) < 4.78 is 0. The molecule has 0 N–H and O–H groups in total. The maximum absolute atomic E-state index is 10.1. The maximum Gasteiger partial charge on any atom is 0.177 e. The van der Waals surface area contributed by atoms with Gasteiger partial charge in [0.05, 0.1) is 0 Å². The summed E-state index contributed by atoms with van der Waals surface area (Å²) in [6.45, 7) is 11.5. The molecule has 0 aromatic carbocycles. The zero-order valence-corrected chi connectivity index (χ0v) is 7.38. The molecule has 2 heteroatoms. The minimum atomic E-state index is -0.130. The first-order chi connectivity index (χ1) is 5.62. The van der Waals surface area contributed by atoms with Crippen molar-refractivity contribution in [2.45, 2.75) is 13.3 Å². The van der Waals surface area contributed by atoms with E-state index >= 15 is 0 Å². The Hall–Kier alpha value is -1.44. The van der Waals surface area contributed by atoms with Gasteiger partial charge in [-0.25, -0.2) is 0 Å². The van der Waals surface area contributed by atoms with Gasteiger partial charge in [0.15, 0.2) is 11.6 Å². The number of rotatable bonds is 4. The lowest BCUT2D eigenvalue weighted by Gasteiger charge is -1.75. The molecule has 0 saturated carbocycles. The fourth-order valence-corrected chi connectivity index (χ4v) is 0.228. The average molecular weight is 166 g/mol. The molecule has 0 amide bonds. The Morgan fingerprint density at radius 3 is 1.50 bits per heavy atom. The van der Waals surface area contributed by atoms with Gasteiger partial charge in [-0.2, -0.15) is 0 Å². The first kappa shape index (κ1) is 13.2. The van der Waals surface area contributed by atoms with Crippen LogP contribution in [0, 0.1) is 0 Å². The summed E-state index contributed by atoms with van der Waals surface area (Å²) in [5, 5.41) is 0. The summed E-state index contributed by atoms with van der Waals surface area (Å²) in [6, 6.07) is 0. The van der Waals surface area contributed by atoms with Gasteiger partial charge in [-0.05, 0) is 18.2 Å². The molecule has 0 rings (SSSR count). The summed E-state index contributed by atoms with van der Waals surface area (Å²) >= 11 is 0. The lowest BCUT2D eigenvalue weighted by molar-refractivity contribution is -0.114. The topological polar surface area (TPSA) is 34.1 Å². The fraction of sp³-hybridized carbons (Fsp3) is 0.200. The monoisotopic (exact) mass is 166 g/mol. The fourth-order valence-electron chi connectivity index (χ4n) is 0.228. The number of carbonyl (C=O) groups is 2. The van der Waals surface area contributed by atoms with Crippen molar-refractivity contribution in [2.75, 3.05) is 0 Å². The molecular weight excluding hydrogens is 152 g/mol. The van der Waals surface area contributed by atoms with Gasteiger partial charge < -0.3 is 0 Å². The predicted octanol–water partition coefficient (Wildman–Crippen LogP) is 2.08. The van der Waals surface area contributed by atoms with Crippen molar-refractivity contribution >= 4 is 11.6 Å². The summed E-state index contributed by atoms with van der Waals surface area (Å²) in [5.74, 6) is -0.0231. The van der Waals surface area contributed by atoms with Gasteiger partial charge in [0.25, 0.3) is 0 Å². The molecule has 66 valence electrons. The molecule has 0 unspecified atom stereocenters. The van der Waals surface area contributed by atoms with Crippen LogP contribution in [-0.4, -0.2) is 11.6 Å². The number of hydrogen-bond donors (Lipinski definition) is 0. The number of carbonyl (C=O) groups excluding carboxylic acids is 2. The molecule has 0 aromatic rings. The summed E-state index contributed by atoms with van der Waals surface area (Å²) in [5.41, 5.74) is 0. The van der Waals surface area contributed by atoms with E-state index in [4.69, 9.17) is 0 Å². The standard InChI is InChI=1S/C5H8O.C5H6O/c2*1-3-5(6)4-2/h3H,1,4H2,2H3;3-4H,1-2H2. The summed E-state index contributed by atoms with van der Waals surface area (Å²) in [6.07, 6.45) is 4.34. The Morgan fingerprint density at radius 2 is 1.50 bits per heavy atom. The minimum absolute atomic E-state index is 0.106. The van der Waals surface area contributed by atoms with Gasteiger partial charge in [-0.3, -0.25) is 9.59 Å². The lowest BCUT2D eigenvalue weighted by Crippen LogP contribution is -1.83. The van der Waals surface area contributed by atoms with E-state index in [-0.39, 0.29) is 11.6 Å². The Morgan fingerprint density at radius 1 is 1.08 bits per heavy atom. The molecule has 0 fully saturated rings. The molecule has 0 aliphatic rings. The Labute approximate surface area is 73.3 Å². The van der Waals surface area contributed by atoms with E-state index < -0.39 is 0 Å². The quantitative estimate of drug-likeness (QED) is 0.599. The van der Waals surface area contributed by atoms with E-state index in [2.05, 4.69) is 19.7 Å². The van der Waals surface area contributed by atoms with Crippen LogP contribution in [0.4, 0.5) is 0 Å². The van der Waals surface area contributed by atoms with Crippen LogP contribution in [0.1, 0.15) is 13.3 Å². The first-order valence-corrected chi connectivity index (χ1v) is 3.56. The third-order valence-electron chi connectivity index (χ3n) is 0.979. The molecular formula is C10H14O2. The largest absolute Gasteiger partial charge is 0.295 e. The number of hydrogen-bond acceptors (Lipinski definition) is 2. The van der Waals surface area contributed by atoms with Gasteiger partial charge in [0, 0.05) is 6.42 Å². The van der Waals surface area contributed by atoms with Crippen LogP contribution in [0.5, 0.6) is 0 Å². The third kappa shape index (κ3) is 11.4. The van der Waals surface area contributed by atoms with Crippen LogP contribution in [0.3, 0.4) is 0 Å². The van der Waals surface area contributed by atoms with E-state index in [1.807, 2.05) is 6.92 Å². The van der Waals surface area contributed by atoms with E-state index in [1.165, 1.54) is 18.2 Å². The first-order valence-electron chi connectivity index (χ1n) is 3.56. The zero-order valence-electron chi connectivity index (χ0n) is 7.38. The van der Waals surface area contributed by atoms with E-state index in [0.717, 1.165) is 0 Å². The van der Waals surface area contributed by atoms with Gasteiger partial charge in [-0.15, -0.1) is 0 Å². The number of allylic oxidation sites excluding steroid dienone is 3. The average Bonchev–Trinajstić information content (AvgIpc) is 2.16. The van der Waals surface area contributed by atoms with Gasteiger partial charge >= 0.3 is 0 Å².